The van der Waals surface area contributed by atoms with Gasteiger partial charge in [0.25, 0.3) is 11.8 Å². The normalized spacial score (nSPS) is 13.7. The molecule has 2 amide bonds. The number of anilines is 2. The summed E-state index contributed by atoms with van der Waals surface area (Å²) in [6, 6.07) is 19.1. The van der Waals surface area contributed by atoms with Crippen molar-refractivity contribution in [1.29, 1.82) is 0 Å². The predicted octanol–water partition coefficient (Wildman–Crippen LogP) is 5.71. The summed E-state index contributed by atoms with van der Waals surface area (Å²) in [6.45, 7) is 1.88. The van der Waals surface area contributed by atoms with Gasteiger partial charge in [0, 0.05) is 16.3 Å². The number of aryl methyl sites for hydroxylation is 1. The average Bonchev–Trinajstić information content (AvgIpc) is 3.00. The Hall–Kier alpha value is -3.28. The summed E-state index contributed by atoms with van der Waals surface area (Å²) < 4.78 is 5.46. The molecule has 0 aromatic heterocycles. The van der Waals surface area contributed by atoms with E-state index in [1.165, 1.54) is 7.11 Å². The quantitative estimate of drug-likeness (QED) is 0.503. The molecule has 1 aliphatic heterocycles. The van der Waals surface area contributed by atoms with Gasteiger partial charge in [-0.25, -0.2) is 4.90 Å². The zero-order chi connectivity index (χ0) is 22.1. The largest absolute Gasteiger partial charge is 0.496 e. The maximum atomic E-state index is 13.6. The molecule has 5 nitrogen and oxygen atoms in total. The van der Waals surface area contributed by atoms with E-state index in [1.807, 2.05) is 13.0 Å². The van der Waals surface area contributed by atoms with E-state index in [-0.39, 0.29) is 11.3 Å². The van der Waals surface area contributed by atoms with Gasteiger partial charge in [0.15, 0.2) is 0 Å². The first-order chi connectivity index (χ1) is 14.9. The fourth-order valence-electron chi connectivity index (χ4n) is 3.46. The van der Waals surface area contributed by atoms with Crippen LogP contribution in [0.1, 0.15) is 11.1 Å². The molecule has 1 N–H and O–H groups in total. The number of benzene rings is 3. The van der Waals surface area contributed by atoms with Crippen LogP contribution in [0.5, 0.6) is 5.75 Å². The molecular formula is C24H18Cl2N2O3. The average molecular weight is 453 g/mol. The van der Waals surface area contributed by atoms with E-state index in [4.69, 9.17) is 27.9 Å². The van der Waals surface area contributed by atoms with Gasteiger partial charge in [0.2, 0.25) is 0 Å². The van der Waals surface area contributed by atoms with Crippen LogP contribution < -0.4 is 15.0 Å². The van der Waals surface area contributed by atoms with Gasteiger partial charge in [-0.15, -0.1) is 0 Å². The van der Waals surface area contributed by atoms with Crippen LogP contribution >= 0.6 is 23.2 Å². The number of carbonyl (C=O) groups is 2. The van der Waals surface area contributed by atoms with Crippen molar-refractivity contribution in [3.8, 4) is 5.75 Å². The Balaban J connectivity index is 1.91. The first kappa shape index (κ1) is 21.0. The van der Waals surface area contributed by atoms with E-state index in [0.717, 1.165) is 10.5 Å². The van der Waals surface area contributed by atoms with Crippen LogP contribution in [0, 0.1) is 6.92 Å². The lowest BCUT2D eigenvalue weighted by molar-refractivity contribution is -0.120. The molecular weight excluding hydrogens is 435 g/mol. The topological polar surface area (TPSA) is 58.6 Å². The van der Waals surface area contributed by atoms with Gasteiger partial charge in [-0.1, -0.05) is 59.6 Å². The minimum absolute atomic E-state index is 0.125. The third-order valence-corrected chi connectivity index (χ3v) is 5.57. The van der Waals surface area contributed by atoms with E-state index in [2.05, 4.69) is 5.32 Å². The molecule has 1 heterocycles. The van der Waals surface area contributed by atoms with Crippen molar-refractivity contribution in [2.24, 2.45) is 0 Å². The number of rotatable bonds is 5. The number of carbonyl (C=O) groups excluding carboxylic acids is 2. The molecule has 0 atom stereocenters. The Morgan fingerprint density at radius 1 is 0.903 bits per heavy atom. The van der Waals surface area contributed by atoms with Gasteiger partial charge in [0.05, 0.1) is 23.4 Å². The zero-order valence-electron chi connectivity index (χ0n) is 16.8. The lowest BCUT2D eigenvalue weighted by atomic mass is 10.0. The maximum absolute atomic E-state index is 13.6. The van der Waals surface area contributed by atoms with E-state index < -0.39 is 11.8 Å². The minimum Gasteiger partial charge on any atom is -0.496 e. The van der Waals surface area contributed by atoms with Crippen molar-refractivity contribution < 1.29 is 14.3 Å². The van der Waals surface area contributed by atoms with Crippen LogP contribution in [-0.2, 0) is 9.59 Å². The van der Waals surface area contributed by atoms with Gasteiger partial charge < -0.3 is 10.1 Å². The van der Waals surface area contributed by atoms with E-state index in [9.17, 15) is 9.59 Å². The number of methoxy groups -OCH3 is 1. The predicted molar refractivity (Wildman–Crippen MR) is 124 cm³/mol. The number of hydrogen-bond acceptors (Lipinski definition) is 4. The second kappa shape index (κ2) is 8.46. The van der Waals surface area contributed by atoms with Gasteiger partial charge in [-0.3, -0.25) is 9.59 Å². The summed E-state index contributed by atoms with van der Waals surface area (Å²) in [7, 11) is 1.51. The van der Waals surface area contributed by atoms with Crippen LogP contribution in [0.15, 0.2) is 72.4 Å². The Morgan fingerprint density at radius 2 is 1.61 bits per heavy atom. The molecule has 31 heavy (non-hydrogen) atoms. The molecule has 0 saturated heterocycles. The molecule has 156 valence electrons. The minimum atomic E-state index is -0.515. The van der Waals surface area contributed by atoms with Crippen molar-refractivity contribution in [2.45, 2.75) is 6.92 Å². The highest BCUT2D eigenvalue weighted by atomic mass is 35.5. The SMILES string of the molecule is COc1ccccc1C1=C(Nc2cc(Cl)ccc2C)C(=O)N(c2ccccc2Cl)C1=O. The van der Waals surface area contributed by atoms with E-state index in [0.29, 0.717) is 32.7 Å². The third-order valence-electron chi connectivity index (χ3n) is 5.01. The summed E-state index contributed by atoms with van der Waals surface area (Å²) in [5.41, 5.74) is 2.62. The van der Waals surface area contributed by atoms with Crippen molar-refractivity contribution in [2.75, 3.05) is 17.3 Å². The standard InChI is InChI=1S/C24H18Cl2N2O3/c1-14-11-12-15(25)13-18(14)27-22-21(16-7-3-6-10-20(16)31-2)23(29)28(24(22)30)19-9-5-4-8-17(19)26/h3-13,27H,1-2H3. The second-order valence-corrected chi connectivity index (χ2v) is 7.78. The van der Waals surface area contributed by atoms with Crippen molar-refractivity contribution in [3.63, 3.8) is 0 Å². The molecule has 7 heteroatoms. The number of hydrogen-bond donors (Lipinski definition) is 1. The number of imide groups is 1. The van der Waals surface area contributed by atoms with Crippen LogP contribution in [0.3, 0.4) is 0 Å². The number of nitrogens with zero attached hydrogens (tertiary/aromatic N) is 1. The fourth-order valence-corrected chi connectivity index (χ4v) is 3.85. The molecule has 0 bridgehead atoms. The number of halogens is 2. The maximum Gasteiger partial charge on any atom is 0.282 e. The Kier molecular flexibility index (Phi) is 5.72. The molecule has 0 spiro atoms. The number of nitrogens with one attached hydrogen (secondary N) is 1. The highest BCUT2D eigenvalue weighted by Gasteiger charge is 2.42. The van der Waals surface area contributed by atoms with Crippen molar-refractivity contribution in [1.82, 2.24) is 0 Å². The molecule has 0 fully saturated rings. The third kappa shape index (κ3) is 3.78. The first-order valence-electron chi connectivity index (χ1n) is 9.46. The molecule has 0 radical (unpaired) electrons. The molecule has 0 aliphatic carbocycles. The number of amides is 2. The Bertz CT molecular complexity index is 1240. The highest BCUT2D eigenvalue weighted by Crippen LogP contribution is 2.39. The molecule has 1 aliphatic rings. The van der Waals surface area contributed by atoms with E-state index >= 15 is 0 Å². The van der Waals surface area contributed by atoms with Crippen LogP contribution in [0.25, 0.3) is 5.57 Å². The van der Waals surface area contributed by atoms with Crippen LogP contribution in [0.4, 0.5) is 11.4 Å². The van der Waals surface area contributed by atoms with Gasteiger partial charge in [-0.2, -0.15) is 0 Å². The summed E-state index contributed by atoms with van der Waals surface area (Å²) in [5, 5.41) is 3.94. The number of ether oxygens (including phenoxy) is 1. The molecule has 3 aromatic carbocycles. The van der Waals surface area contributed by atoms with Crippen molar-refractivity contribution in [3.05, 3.63) is 93.6 Å². The van der Waals surface area contributed by atoms with Gasteiger partial charge in [-0.05, 0) is 42.8 Å². The van der Waals surface area contributed by atoms with Crippen LogP contribution in [0.2, 0.25) is 10.0 Å². The van der Waals surface area contributed by atoms with Crippen molar-refractivity contribution >= 4 is 52.0 Å². The van der Waals surface area contributed by atoms with Gasteiger partial charge >= 0.3 is 0 Å². The molecule has 4 rings (SSSR count). The molecule has 0 unspecified atom stereocenters. The lowest BCUT2D eigenvalue weighted by Crippen LogP contribution is -2.32. The molecule has 3 aromatic rings. The summed E-state index contributed by atoms with van der Waals surface area (Å²) in [6.07, 6.45) is 0. The zero-order valence-corrected chi connectivity index (χ0v) is 18.3. The summed E-state index contributed by atoms with van der Waals surface area (Å²) >= 11 is 12.5. The van der Waals surface area contributed by atoms with E-state index in [1.54, 1.807) is 60.7 Å². The monoisotopic (exact) mass is 452 g/mol. The molecule has 0 saturated carbocycles. The Labute approximate surface area is 189 Å². The highest BCUT2D eigenvalue weighted by molar-refractivity contribution is 6.48. The summed E-state index contributed by atoms with van der Waals surface area (Å²) in [5.74, 6) is -0.537. The fraction of sp³-hybridized carbons (Fsp3) is 0.0833. The first-order valence-corrected chi connectivity index (χ1v) is 10.2. The second-order valence-electron chi connectivity index (χ2n) is 6.93. The van der Waals surface area contributed by atoms with Crippen LogP contribution in [-0.4, -0.2) is 18.9 Å². The lowest BCUT2D eigenvalue weighted by Gasteiger charge is -2.17. The van der Waals surface area contributed by atoms with Gasteiger partial charge in [0.1, 0.15) is 11.4 Å². The smallest absolute Gasteiger partial charge is 0.282 e. The number of para-hydroxylation sites is 2. The Morgan fingerprint density at radius 3 is 2.35 bits per heavy atom. The summed E-state index contributed by atoms with van der Waals surface area (Å²) in [4.78, 5) is 28.1.